The van der Waals surface area contributed by atoms with Crippen LogP contribution in [0.5, 0.6) is 5.88 Å². The molecule has 6 nitrogen and oxygen atoms in total. The molecule has 138 valence electrons. The number of ether oxygens (including phenoxy) is 2. The van der Waals surface area contributed by atoms with Crippen molar-refractivity contribution in [1.82, 2.24) is 14.9 Å². The first-order valence-corrected chi connectivity index (χ1v) is 8.81. The summed E-state index contributed by atoms with van der Waals surface area (Å²) in [7, 11) is 1.60. The van der Waals surface area contributed by atoms with Gasteiger partial charge in [-0.2, -0.15) is 0 Å². The molecule has 3 heterocycles. The fourth-order valence-electron chi connectivity index (χ4n) is 2.95. The van der Waals surface area contributed by atoms with Gasteiger partial charge in [0, 0.05) is 30.9 Å². The van der Waals surface area contributed by atoms with Crippen LogP contribution in [0.25, 0.3) is 17.1 Å². The monoisotopic (exact) mass is 355 g/mol. The van der Waals surface area contributed by atoms with Gasteiger partial charge in [-0.15, -0.1) is 0 Å². The molecular formula is C20H25N3O3. The molecule has 6 heteroatoms. The van der Waals surface area contributed by atoms with Crippen molar-refractivity contribution in [1.29, 1.82) is 0 Å². The minimum absolute atomic E-state index is 0.242. The summed E-state index contributed by atoms with van der Waals surface area (Å²) in [4.78, 5) is 22.8. The first kappa shape index (κ1) is 18.2. The third kappa shape index (κ3) is 4.31. The second-order valence-corrected chi connectivity index (χ2v) is 7.46. The van der Waals surface area contributed by atoms with E-state index in [4.69, 9.17) is 9.47 Å². The van der Waals surface area contributed by atoms with E-state index in [1.54, 1.807) is 24.3 Å². The Morgan fingerprint density at radius 1 is 1.31 bits per heavy atom. The average molecular weight is 355 g/mol. The maximum absolute atomic E-state index is 12.2. The number of hydrogen-bond donors (Lipinski definition) is 0. The summed E-state index contributed by atoms with van der Waals surface area (Å²) in [6.45, 7) is 7.04. The fraction of sp³-hybridized carbons (Fsp3) is 0.450. The molecule has 0 radical (unpaired) electrons. The molecule has 1 aliphatic heterocycles. The number of carbonyl (C=O) groups is 1. The molecule has 1 aliphatic rings. The minimum Gasteiger partial charge on any atom is -0.481 e. The number of methoxy groups -OCH3 is 1. The summed E-state index contributed by atoms with van der Waals surface area (Å²) < 4.78 is 10.7. The van der Waals surface area contributed by atoms with E-state index in [9.17, 15) is 4.79 Å². The second kappa shape index (κ2) is 7.32. The predicted molar refractivity (Wildman–Crippen MR) is 101 cm³/mol. The van der Waals surface area contributed by atoms with E-state index < -0.39 is 5.60 Å². The van der Waals surface area contributed by atoms with Gasteiger partial charge in [-0.1, -0.05) is 12.2 Å². The average Bonchev–Trinajstić information content (AvgIpc) is 3.07. The van der Waals surface area contributed by atoms with E-state index in [0.717, 1.165) is 23.0 Å². The molecule has 1 fully saturated rings. The zero-order valence-electron chi connectivity index (χ0n) is 15.7. The highest BCUT2D eigenvalue weighted by atomic mass is 16.6. The third-order valence-corrected chi connectivity index (χ3v) is 4.22. The Morgan fingerprint density at radius 3 is 2.85 bits per heavy atom. The topological polar surface area (TPSA) is 64.5 Å². The first-order valence-electron chi connectivity index (χ1n) is 8.81. The smallest absolute Gasteiger partial charge is 0.410 e. The lowest BCUT2D eigenvalue weighted by Crippen LogP contribution is -2.35. The molecule has 0 bridgehead atoms. The highest BCUT2D eigenvalue weighted by Crippen LogP contribution is 2.23. The summed E-state index contributed by atoms with van der Waals surface area (Å²) in [5.74, 6) is 0.869. The van der Waals surface area contributed by atoms with Crippen LogP contribution >= 0.6 is 0 Å². The summed E-state index contributed by atoms with van der Waals surface area (Å²) in [6.07, 6.45) is 6.65. The van der Waals surface area contributed by atoms with Crippen LogP contribution in [-0.4, -0.2) is 46.8 Å². The molecule has 1 amide bonds. The van der Waals surface area contributed by atoms with Crippen molar-refractivity contribution >= 4 is 23.2 Å². The number of fused-ring (bicyclic) bond motifs is 1. The lowest BCUT2D eigenvalue weighted by Gasteiger charge is -2.24. The maximum Gasteiger partial charge on any atom is 0.410 e. The number of nitrogens with zero attached hydrogens (tertiary/aromatic N) is 3. The van der Waals surface area contributed by atoms with Gasteiger partial charge in [-0.05, 0) is 45.2 Å². The normalized spacial score (nSPS) is 17.8. The van der Waals surface area contributed by atoms with Gasteiger partial charge >= 0.3 is 6.09 Å². The van der Waals surface area contributed by atoms with Crippen LogP contribution in [0.2, 0.25) is 0 Å². The largest absolute Gasteiger partial charge is 0.481 e. The van der Waals surface area contributed by atoms with Gasteiger partial charge in [0.1, 0.15) is 5.60 Å². The lowest BCUT2D eigenvalue weighted by molar-refractivity contribution is 0.0291. The number of rotatable bonds is 3. The van der Waals surface area contributed by atoms with Crippen molar-refractivity contribution in [2.75, 3.05) is 20.2 Å². The lowest BCUT2D eigenvalue weighted by atomic mass is 10.1. The summed E-state index contributed by atoms with van der Waals surface area (Å²) >= 11 is 0. The molecule has 3 rings (SSSR count). The fourth-order valence-corrected chi connectivity index (χ4v) is 2.95. The quantitative estimate of drug-likeness (QED) is 0.835. The van der Waals surface area contributed by atoms with Gasteiger partial charge in [0.25, 0.3) is 0 Å². The van der Waals surface area contributed by atoms with Gasteiger partial charge in [-0.25, -0.2) is 9.78 Å². The van der Waals surface area contributed by atoms with Crippen molar-refractivity contribution in [3.63, 3.8) is 0 Å². The van der Waals surface area contributed by atoms with Gasteiger partial charge in [0.15, 0.2) is 0 Å². The van der Waals surface area contributed by atoms with Crippen molar-refractivity contribution in [2.24, 2.45) is 5.92 Å². The molecule has 0 spiro atoms. The molecule has 2 aromatic rings. The zero-order valence-corrected chi connectivity index (χ0v) is 15.7. The number of pyridine rings is 2. The Labute approximate surface area is 153 Å². The molecule has 26 heavy (non-hydrogen) atoms. The molecule has 0 aliphatic carbocycles. The number of carbonyl (C=O) groups excluding carboxylic acids is 1. The Kier molecular flexibility index (Phi) is 5.11. The van der Waals surface area contributed by atoms with Crippen molar-refractivity contribution in [2.45, 2.75) is 32.8 Å². The van der Waals surface area contributed by atoms with Crippen LogP contribution in [0, 0.1) is 5.92 Å². The summed E-state index contributed by atoms with van der Waals surface area (Å²) in [5, 5.41) is 0. The molecule has 0 N–H and O–H groups in total. The van der Waals surface area contributed by atoms with Crippen molar-refractivity contribution in [3.05, 3.63) is 36.0 Å². The van der Waals surface area contributed by atoms with Crippen LogP contribution in [0.15, 0.2) is 30.5 Å². The van der Waals surface area contributed by atoms with Crippen molar-refractivity contribution in [3.8, 4) is 5.88 Å². The third-order valence-electron chi connectivity index (χ3n) is 4.22. The Hall–Kier alpha value is -2.63. The van der Waals surface area contributed by atoms with Gasteiger partial charge in [0.05, 0.1) is 18.1 Å². The summed E-state index contributed by atoms with van der Waals surface area (Å²) in [5.41, 5.74) is 2.16. The predicted octanol–water partition coefficient (Wildman–Crippen LogP) is 3.91. The Morgan fingerprint density at radius 2 is 2.12 bits per heavy atom. The Bertz CT molecular complexity index is 827. The minimum atomic E-state index is -0.467. The van der Waals surface area contributed by atoms with E-state index in [1.807, 2.05) is 32.9 Å². The number of hydrogen-bond acceptors (Lipinski definition) is 5. The molecule has 2 aromatic heterocycles. The molecule has 1 saturated heterocycles. The maximum atomic E-state index is 12.2. The SMILES string of the molecule is COc1ccc2nccc(C=CC3CCN(C(=O)OC(C)(C)C)C3)c2n1. The van der Waals surface area contributed by atoms with E-state index in [2.05, 4.69) is 22.1 Å². The standard InChI is InChI=1S/C20H25N3O3/c1-20(2,3)26-19(24)23-12-10-14(13-23)5-6-15-9-11-21-16-7-8-17(25-4)22-18(15)16/h5-9,11,14H,10,12-13H2,1-4H3. The highest BCUT2D eigenvalue weighted by Gasteiger charge is 2.28. The van der Waals surface area contributed by atoms with Crippen LogP contribution in [0.4, 0.5) is 4.79 Å². The zero-order chi connectivity index (χ0) is 18.7. The van der Waals surface area contributed by atoms with E-state index in [-0.39, 0.29) is 6.09 Å². The molecule has 1 atom stereocenters. The van der Waals surface area contributed by atoms with E-state index in [1.165, 1.54) is 0 Å². The highest BCUT2D eigenvalue weighted by molar-refractivity contribution is 5.84. The Balaban J connectivity index is 1.71. The molecular weight excluding hydrogens is 330 g/mol. The van der Waals surface area contributed by atoms with E-state index in [0.29, 0.717) is 24.9 Å². The van der Waals surface area contributed by atoms with Gasteiger partial charge in [0.2, 0.25) is 5.88 Å². The number of aromatic nitrogens is 2. The first-order chi connectivity index (χ1) is 12.4. The van der Waals surface area contributed by atoms with Crippen LogP contribution in [0.3, 0.4) is 0 Å². The van der Waals surface area contributed by atoms with E-state index >= 15 is 0 Å². The van der Waals surface area contributed by atoms with Crippen molar-refractivity contribution < 1.29 is 14.3 Å². The molecule has 0 aromatic carbocycles. The van der Waals surface area contributed by atoms with Crippen LogP contribution in [0.1, 0.15) is 32.8 Å². The van der Waals surface area contributed by atoms with Gasteiger partial charge < -0.3 is 14.4 Å². The number of likely N-dealkylation sites (tertiary alicyclic amines) is 1. The summed E-state index contributed by atoms with van der Waals surface area (Å²) in [6, 6.07) is 5.64. The second-order valence-electron chi connectivity index (χ2n) is 7.46. The van der Waals surface area contributed by atoms with Crippen LogP contribution < -0.4 is 4.74 Å². The molecule has 0 saturated carbocycles. The molecule has 1 unspecified atom stereocenters. The van der Waals surface area contributed by atoms with Gasteiger partial charge in [-0.3, -0.25) is 4.98 Å². The number of amides is 1. The van der Waals surface area contributed by atoms with Crippen LogP contribution in [-0.2, 0) is 4.74 Å².